The highest BCUT2D eigenvalue weighted by Crippen LogP contribution is 2.43. The Morgan fingerprint density at radius 3 is 1.52 bits per heavy atom. The summed E-state index contributed by atoms with van der Waals surface area (Å²) >= 11 is 0. The summed E-state index contributed by atoms with van der Waals surface area (Å²) in [4.78, 5) is 13.2. The number of carbonyl (C=O) groups is 1. The number of ketones is 1. The Morgan fingerprint density at radius 1 is 0.760 bits per heavy atom. The molecule has 1 aliphatic carbocycles. The Balaban J connectivity index is 1.80. The lowest BCUT2D eigenvalue weighted by molar-refractivity contribution is -0.131. The van der Waals surface area contributed by atoms with Gasteiger partial charge in [0.1, 0.15) is 5.78 Å². The second kappa shape index (κ2) is 7.56. The van der Waals surface area contributed by atoms with Gasteiger partial charge in [0.15, 0.2) is 0 Å². The van der Waals surface area contributed by atoms with Crippen LogP contribution in [0.1, 0.15) is 44.7 Å². The maximum atomic E-state index is 13.2. The smallest absolute Gasteiger partial charge is 0.139 e. The lowest BCUT2D eigenvalue weighted by Gasteiger charge is -2.41. The summed E-state index contributed by atoms with van der Waals surface area (Å²) in [6.45, 7) is 6.98. The summed E-state index contributed by atoms with van der Waals surface area (Å²) in [5, 5.41) is 0. The monoisotopic (exact) mass is 334 g/mol. The van der Waals surface area contributed by atoms with Crippen molar-refractivity contribution in [1.29, 1.82) is 0 Å². The first-order valence-corrected chi connectivity index (χ1v) is 9.55. The van der Waals surface area contributed by atoms with E-state index in [2.05, 4.69) is 69.3 Å². The lowest BCUT2D eigenvalue weighted by atomic mass is 9.63. The van der Waals surface area contributed by atoms with Crippen LogP contribution in [0.4, 0.5) is 0 Å². The molecule has 1 saturated carbocycles. The highest BCUT2D eigenvalue weighted by Gasteiger charge is 2.40. The van der Waals surface area contributed by atoms with Crippen molar-refractivity contribution in [2.24, 2.45) is 23.2 Å². The molecule has 0 aromatic heterocycles. The topological polar surface area (TPSA) is 17.1 Å². The molecule has 2 aromatic rings. The van der Waals surface area contributed by atoms with E-state index in [0.717, 1.165) is 25.7 Å². The first-order valence-electron chi connectivity index (χ1n) is 9.55. The third kappa shape index (κ3) is 4.60. The third-order valence-corrected chi connectivity index (χ3v) is 5.82. The second-order valence-corrected chi connectivity index (χ2v) is 8.71. The van der Waals surface area contributed by atoms with Crippen molar-refractivity contribution in [3.05, 3.63) is 71.8 Å². The number of benzene rings is 2. The predicted molar refractivity (Wildman–Crippen MR) is 104 cm³/mol. The molecule has 0 N–H and O–H groups in total. The maximum absolute atomic E-state index is 13.2. The minimum Gasteiger partial charge on any atom is -0.299 e. The zero-order chi connectivity index (χ0) is 17.9. The standard InChI is InChI=1S/C24H30O/c1-24(2,3)22-16-20(14-18-10-6-4-7-11-18)23(25)21(17-22)15-19-12-8-5-9-13-19/h4-13,20-22H,14-17H2,1-3H3. The van der Waals surface area contributed by atoms with Crippen molar-refractivity contribution in [3.63, 3.8) is 0 Å². The van der Waals surface area contributed by atoms with Gasteiger partial charge in [-0.1, -0.05) is 81.4 Å². The van der Waals surface area contributed by atoms with Crippen LogP contribution in [-0.4, -0.2) is 5.78 Å². The molecular formula is C24H30O. The van der Waals surface area contributed by atoms with Gasteiger partial charge in [-0.05, 0) is 48.1 Å². The van der Waals surface area contributed by atoms with Gasteiger partial charge < -0.3 is 0 Å². The van der Waals surface area contributed by atoms with Crippen LogP contribution in [0.3, 0.4) is 0 Å². The van der Waals surface area contributed by atoms with E-state index in [1.165, 1.54) is 11.1 Å². The molecule has 1 nitrogen and oxygen atoms in total. The molecule has 0 amide bonds. The van der Waals surface area contributed by atoms with Gasteiger partial charge in [0, 0.05) is 11.8 Å². The quantitative estimate of drug-likeness (QED) is 0.698. The van der Waals surface area contributed by atoms with E-state index in [4.69, 9.17) is 0 Å². The zero-order valence-corrected chi connectivity index (χ0v) is 15.7. The first kappa shape index (κ1) is 17.9. The fraction of sp³-hybridized carbons (Fsp3) is 0.458. The van der Waals surface area contributed by atoms with Crippen molar-refractivity contribution in [3.8, 4) is 0 Å². The van der Waals surface area contributed by atoms with Crippen LogP contribution >= 0.6 is 0 Å². The number of hydrogen-bond acceptors (Lipinski definition) is 1. The van der Waals surface area contributed by atoms with Gasteiger partial charge >= 0.3 is 0 Å². The molecular weight excluding hydrogens is 304 g/mol. The van der Waals surface area contributed by atoms with Crippen LogP contribution in [0.2, 0.25) is 0 Å². The van der Waals surface area contributed by atoms with E-state index < -0.39 is 0 Å². The molecule has 0 saturated heterocycles. The molecule has 0 radical (unpaired) electrons. The van der Waals surface area contributed by atoms with Gasteiger partial charge in [-0.25, -0.2) is 0 Å². The molecule has 0 spiro atoms. The third-order valence-electron chi connectivity index (χ3n) is 5.82. The predicted octanol–water partition coefficient (Wildman–Crippen LogP) is 5.73. The molecule has 2 unspecified atom stereocenters. The van der Waals surface area contributed by atoms with Crippen LogP contribution in [0.15, 0.2) is 60.7 Å². The maximum Gasteiger partial charge on any atom is 0.139 e. The largest absolute Gasteiger partial charge is 0.299 e. The second-order valence-electron chi connectivity index (χ2n) is 8.71. The summed E-state index contributed by atoms with van der Waals surface area (Å²) < 4.78 is 0. The molecule has 1 aliphatic rings. The highest BCUT2D eigenvalue weighted by atomic mass is 16.1. The van der Waals surface area contributed by atoms with Crippen molar-refractivity contribution in [2.45, 2.75) is 46.5 Å². The molecule has 2 atom stereocenters. The molecule has 1 fully saturated rings. The van der Waals surface area contributed by atoms with Gasteiger partial charge in [0.2, 0.25) is 0 Å². The number of Topliss-reactive ketones (excluding diaryl/α,β-unsaturated/α-hetero) is 1. The van der Waals surface area contributed by atoms with E-state index in [1.807, 2.05) is 12.1 Å². The van der Waals surface area contributed by atoms with E-state index in [0.29, 0.717) is 11.7 Å². The van der Waals surface area contributed by atoms with Gasteiger partial charge in [-0.3, -0.25) is 4.79 Å². The van der Waals surface area contributed by atoms with E-state index in [9.17, 15) is 4.79 Å². The molecule has 0 aliphatic heterocycles. The number of carbonyl (C=O) groups excluding carboxylic acids is 1. The highest BCUT2D eigenvalue weighted by molar-refractivity contribution is 5.84. The van der Waals surface area contributed by atoms with Crippen LogP contribution in [0.25, 0.3) is 0 Å². The van der Waals surface area contributed by atoms with Crippen LogP contribution in [0.5, 0.6) is 0 Å². The SMILES string of the molecule is CC(C)(C)C1CC(Cc2ccccc2)C(=O)C(Cc2ccccc2)C1. The lowest BCUT2D eigenvalue weighted by Crippen LogP contribution is -2.39. The minimum atomic E-state index is 0.161. The van der Waals surface area contributed by atoms with Crippen LogP contribution < -0.4 is 0 Å². The normalized spacial score (nSPS) is 24.3. The zero-order valence-electron chi connectivity index (χ0n) is 15.7. The van der Waals surface area contributed by atoms with Crippen LogP contribution in [0, 0.1) is 23.2 Å². The number of hydrogen-bond donors (Lipinski definition) is 0. The van der Waals surface area contributed by atoms with Crippen molar-refractivity contribution in [1.82, 2.24) is 0 Å². The number of rotatable bonds is 4. The minimum absolute atomic E-state index is 0.161. The fourth-order valence-corrected chi connectivity index (χ4v) is 4.22. The summed E-state index contributed by atoms with van der Waals surface area (Å²) in [6.07, 6.45) is 3.83. The molecule has 0 heterocycles. The molecule has 3 rings (SSSR count). The molecule has 2 aromatic carbocycles. The average Bonchev–Trinajstić information content (AvgIpc) is 2.59. The van der Waals surface area contributed by atoms with E-state index in [1.54, 1.807) is 0 Å². The summed E-state index contributed by atoms with van der Waals surface area (Å²) in [5.74, 6) is 1.41. The summed E-state index contributed by atoms with van der Waals surface area (Å²) in [5.41, 5.74) is 2.83. The summed E-state index contributed by atoms with van der Waals surface area (Å²) in [6, 6.07) is 21.0. The fourth-order valence-electron chi connectivity index (χ4n) is 4.22. The average molecular weight is 335 g/mol. The van der Waals surface area contributed by atoms with E-state index in [-0.39, 0.29) is 17.3 Å². The van der Waals surface area contributed by atoms with Crippen molar-refractivity contribution < 1.29 is 4.79 Å². The summed E-state index contributed by atoms with van der Waals surface area (Å²) in [7, 11) is 0. The Bertz CT molecular complexity index is 628. The van der Waals surface area contributed by atoms with Crippen molar-refractivity contribution in [2.75, 3.05) is 0 Å². The Morgan fingerprint density at radius 2 is 1.16 bits per heavy atom. The van der Waals surface area contributed by atoms with E-state index >= 15 is 0 Å². The molecule has 1 heteroatoms. The van der Waals surface area contributed by atoms with Gasteiger partial charge in [0.05, 0.1) is 0 Å². The first-order chi connectivity index (χ1) is 11.9. The van der Waals surface area contributed by atoms with Gasteiger partial charge in [-0.2, -0.15) is 0 Å². The molecule has 25 heavy (non-hydrogen) atoms. The van der Waals surface area contributed by atoms with Crippen LogP contribution in [-0.2, 0) is 17.6 Å². The molecule has 0 bridgehead atoms. The Hall–Kier alpha value is -1.89. The van der Waals surface area contributed by atoms with Gasteiger partial charge in [-0.15, -0.1) is 0 Å². The Kier molecular flexibility index (Phi) is 5.42. The van der Waals surface area contributed by atoms with Gasteiger partial charge in [0.25, 0.3) is 0 Å². The Labute approximate surface area is 152 Å². The van der Waals surface area contributed by atoms with Crippen molar-refractivity contribution >= 4 is 5.78 Å². The molecule has 132 valence electrons.